The molecule has 0 amide bonds. The Kier molecular flexibility index (Phi) is 15.2. The summed E-state index contributed by atoms with van der Waals surface area (Å²) in [7, 11) is 0. The number of unbranched alkanes of at least 4 members (excludes halogenated alkanes) is 9. The van der Waals surface area contributed by atoms with Gasteiger partial charge in [0.15, 0.2) is 6.29 Å². The van der Waals surface area contributed by atoms with Crippen LogP contribution in [0.1, 0.15) is 110 Å². The maximum absolute atomic E-state index is 5.76. The zero-order valence-electron chi connectivity index (χ0n) is 17.0. The highest BCUT2D eigenvalue weighted by Crippen LogP contribution is 2.14. The first-order chi connectivity index (χ1) is 12.3. The van der Waals surface area contributed by atoms with E-state index >= 15 is 0 Å². The summed E-state index contributed by atoms with van der Waals surface area (Å²) in [5.41, 5.74) is 0. The third kappa shape index (κ3) is 15.5. The number of ether oxygens (including phenoxy) is 2. The Bertz CT molecular complexity index is 334. The lowest BCUT2D eigenvalue weighted by Crippen LogP contribution is -2.22. The third-order valence-corrected chi connectivity index (χ3v) is 4.85. The fourth-order valence-electron chi connectivity index (χ4n) is 3.20. The minimum absolute atomic E-state index is 0.0857. The SMILES string of the molecule is CC(C)CCCCCC#CCCCCCCCCOC1CCCCO1. The van der Waals surface area contributed by atoms with Gasteiger partial charge in [-0.15, -0.1) is 11.8 Å². The van der Waals surface area contributed by atoms with Gasteiger partial charge in [0.05, 0.1) is 0 Å². The second kappa shape index (κ2) is 16.9. The van der Waals surface area contributed by atoms with Crippen LogP contribution >= 0.6 is 0 Å². The Balaban J connectivity index is 1.73. The van der Waals surface area contributed by atoms with Crippen molar-refractivity contribution in [1.82, 2.24) is 0 Å². The molecule has 1 atom stereocenters. The van der Waals surface area contributed by atoms with Crippen molar-refractivity contribution >= 4 is 0 Å². The topological polar surface area (TPSA) is 18.5 Å². The van der Waals surface area contributed by atoms with Crippen molar-refractivity contribution in [3.8, 4) is 11.8 Å². The molecule has 1 fully saturated rings. The van der Waals surface area contributed by atoms with Crippen LogP contribution in [-0.2, 0) is 9.47 Å². The second-order valence-electron chi connectivity index (χ2n) is 7.88. The first-order valence-corrected chi connectivity index (χ1v) is 11.0. The third-order valence-electron chi connectivity index (χ3n) is 4.85. The van der Waals surface area contributed by atoms with Crippen LogP contribution in [0.15, 0.2) is 0 Å². The molecular formula is C23H42O2. The molecule has 1 saturated heterocycles. The minimum Gasteiger partial charge on any atom is -0.353 e. The molecule has 0 radical (unpaired) electrons. The minimum atomic E-state index is 0.0857. The first kappa shape index (κ1) is 22.5. The van der Waals surface area contributed by atoms with Gasteiger partial charge >= 0.3 is 0 Å². The normalized spacial score (nSPS) is 17.5. The van der Waals surface area contributed by atoms with Gasteiger partial charge in [-0.3, -0.25) is 0 Å². The quantitative estimate of drug-likeness (QED) is 0.251. The standard InChI is InChI=1S/C23H42O2/c1-22(2)18-14-12-10-8-6-4-3-5-7-9-11-13-16-20-24-23-19-15-17-21-25-23/h22-23H,3,5,7-21H2,1-2H3. The highest BCUT2D eigenvalue weighted by molar-refractivity contribution is 4.98. The molecule has 0 aromatic heterocycles. The van der Waals surface area contributed by atoms with Crippen molar-refractivity contribution in [2.45, 2.75) is 116 Å². The van der Waals surface area contributed by atoms with Crippen LogP contribution in [0.3, 0.4) is 0 Å². The van der Waals surface area contributed by atoms with E-state index in [1.807, 2.05) is 0 Å². The molecule has 1 unspecified atom stereocenters. The summed E-state index contributed by atoms with van der Waals surface area (Å²) in [6.45, 7) is 6.36. The van der Waals surface area contributed by atoms with Crippen molar-refractivity contribution in [3.63, 3.8) is 0 Å². The van der Waals surface area contributed by atoms with Crippen molar-refractivity contribution in [3.05, 3.63) is 0 Å². The zero-order valence-corrected chi connectivity index (χ0v) is 17.0. The Labute approximate surface area is 157 Å². The molecule has 146 valence electrons. The number of rotatable bonds is 14. The van der Waals surface area contributed by atoms with E-state index in [0.29, 0.717) is 0 Å². The smallest absolute Gasteiger partial charge is 0.157 e. The summed E-state index contributed by atoms with van der Waals surface area (Å²) in [6.07, 6.45) is 18.9. The largest absolute Gasteiger partial charge is 0.353 e. The van der Waals surface area contributed by atoms with Crippen LogP contribution in [0, 0.1) is 17.8 Å². The van der Waals surface area contributed by atoms with Crippen molar-refractivity contribution in [1.29, 1.82) is 0 Å². The van der Waals surface area contributed by atoms with Gasteiger partial charge < -0.3 is 9.47 Å². The van der Waals surface area contributed by atoms with Gasteiger partial charge in [0.25, 0.3) is 0 Å². The Morgan fingerprint density at radius 3 is 2.12 bits per heavy atom. The van der Waals surface area contributed by atoms with E-state index in [-0.39, 0.29) is 6.29 Å². The molecule has 1 rings (SSSR count). The molecule has 0 spiro atoms. The molecule has 0 bridgehead atoms. The highest BCUT2D eigenvalue weighted by Gasteiger charge is 2.13. The molecule has 0 aliphatic carbocycles. The van der Waals surface area contributed by atoms with E-state index in [4.69, 9.17) is 9.47 Å². The van der Waals surface area contributed by atoms with Gasteiger partial charge in [-0.2, -0.15) is 0 Å². The van der Waals surface area contributed by atoms with E-state index in [9.17, 15) is 0 Å². The number of hydrogen-bond donors (Lipinski definition) is 0. The van der Waals surface area contributed by atoms with E-state index in [2.05, 4.69) is 25.7 Å². The average molecular weight is 351 g/mol. The maximum atomic E-state index is 5.76. The Morgan fingerprint density at radius 2 is 1.48 bits per heavy atom. The molecule has 1 aliphatic heterocycles. The molecule has 0 aromatic rings. The Morgan fingerprint density at radius 1 is 0.840 bits per heavy atom. The monoisotopic (exact) mass is 350 g/mol. The van der Waals surface area contributed by atoms with Crippen LogP contribution in [0.4, 0.5) is 0 Å². The molecular weight excluding hydrogens is 308 g/mol. The summed E-state index contributed by atoms with van der Waals surface area (Å²) in [4.78, 5) is 0. The van der Waals surface area contributed by atoms with Crippen LogP contribution in [0.2, 0.25) is 0 Å². The lowest BCUT2D eigenvalue weighted by molar-refractivity contribution is -0.162. The van der Waals surface area contributed by atoms with E-state index in [1.54, 1.807) is 0 Å². The maximum Gasteiger partial charge on any atom is 0.157 e. The van der Waals surface area contributed by atoms with E-state index in [0.717, 1.165) is 38.4 Å². The van der Waals surface area contributed by atoms with Gasteiger partial charge in [-0.05, 0) is 44.4 Å². The van der Waals surface area contributed by atoms with Crippen LogP contribution in [0.5, 0.6) is 0 Å². The highest BCUT2D eigenvalue weighted by atomic mass is 16.7. The molecule has 1 heterocycles. The van der Waals surface area contributed by atoms with Gasteiger partial charge in [-0.25, -0.2) is 0 Å². The van der Waals surface area contributed by atoms with Crippen LogP contribution < -0.4 is 0 Å². The molecule has 2 heteroatoms. The summed E-state index contributed by atoms with van der Waals surface area (Å²) in [6, 6.07) is 0. The van der Waals surface area contributed by atoms with Gasteiger partial charge in [0.2, 0.25) is 0 Å². The lowest BCUT2D eigenvalue weighted by Gasteiger charge is -2.22. The molecule has 2 nitrogen and oxygen atoms in total. The number of hydrogen-bond acceptors (Lipinski definition) is 2. The molecule has 25 heavy (non-hydrogen) atoms. The summed E-state index contributed by atoms with van der Waals surface area (Å²) in [5, 5.41) is 0. The fourth-order valence-corrected chi connectivity index (χ4v) is 3.20. The average Bonchev–Trinajstić information content (AvgIpc) is 2.62. The van der Waals surface area contributed by atoms with Crippen LogP contribution in [0.25, 0.3) is 0 Å². The van der Waals surface area contributed by atoms with Gasteiger partial charge in [0.1, 0.15) is 0 Å². The Hall–Kier alpha value is -0.520. The summed E-state index contributed by atoms with van der Waals surface area (Å²) in [5.74, 6) is 7.55. The van der Waals surface area contributed by atoms with Crippen molar-refractivity contribution in [2.24, 2.45) is 5.92 Å². The zero-order chi connectivity index (χ0) is 18.0. The van der Waals surface area contributed by atoms with Gasteiger partial charge in [-0.1, -0.05) is 58.8 Å². The molecule has 0 aromatic carbocycles. The first-order valence-electron chi connectivity index (χ1n) is 11.0. The molecule has 0 N–H and O–H groups in total. The molecule has 0 saturated carbocycles. The van der Waals surface area contributed by atoms with Gasteiger partial charge in [0, 0.05) is 26.1 Å². The predicted molar refractivity (Wildman–Crippen MR) is 108 cm³/mol. The summed E-state index contributed by atoms with van der Waals surface area (Å²) < 4.78 is 11.3. The van der Waals surface area contributed by atoms with Crippen molar-refractivity contribution < 1.29 is 9.47 Å². The lowest BCUT2D eigenvalue weighted by atomic mass is 10.0. The van der Waals surface area contributed by atoms with Crippen LogP contribution in [-0.4, -0.2) is 19.5 Å². The second-order valence-corrected chi connectivity index (χ2v) is 7.88. The van der Waals surface area contributed by atoms with Crippen molar-refractivity contribution in [2.75, 3.05) is 13.2 Å². The fraction of sp³-hybridized carbons (Fsp3) is 0.913. The summed E-state index contributed by atoms with van der Waals surface area (Å²) >= 11 is 0. The molecule has 1 aliphatic rings. The van der Waals surface area contributed by atoms with E-state index < -0.39 is 0 Å². The van der Waals surface area contributed by atoms with E-state index in [1.165, 1.54) is 77.0 Å². The predicted octanol–water partition coefficient (Wildman–Crippen LogP) is 6.87.